The van der Waals surface area contributed by atoms with Gasteiger partial charge in [0, 0.05) is 19.0 Å². The maximum Gasteiger partial charge on any atom is 0.407 e. The van der Waals surface area contributed by atoms with Crippen LogP contribution in [-0.4, -0.2) is 72.3 Å². The van der Waals surface area contributed by atoms with Crippen molar-refractivity contribution in [3.63, 3.8) is 0 Å². The first-order valence-electron chi connectivity index (χ1n) is 13.2. The van der Waals surface area contributed by atoms with Crippen LogP contribution >= 0.6 is 11.8 Å². The molecular formula is C31H35N3O5S. The molecule has 0 aromatic heterocycles. The van der Waals surface area contributed by atoms with Gasteiger partial charge in [-0.2, -0.15) is 11.8 Å². The summed E-state index contributed by atoms with van der Waals surface area (Å²) < 4.78 is 5.62. The number of amides is 2. The number of thioether (sulfide) groups is 1. The Hall–Kier alpha value is -3.82. The van der Waals surface area contributed by atoms with Gasteiger partial charge in [0.15, 0.2) is 0 Å². The Kier molecular flexibility index (Phi) is 10.2. The van der Waals surface area contributed by atoms with Crippen molar-refractivity contribution >= 4 is 29.7 Å². The van der Waals surface area contributed by atoms with Crippen molar-refractivity contribution in [1.82, 2.24) is 15.5 Å². The summed E-state index contributed by atoms with van der Waals surface area (Å²) in [4.78, 5) is 39.8. The SMILES string of the molecule is CSCC[C@@H](NC(=O)OCC1c2ccccc2-c2ccccc21)C(=O)NC(CN(C)Cc1ccccc1)C(=O)O. The van der Waals surface area contributed by atoms with Gasteiger partial charge in [-0.15, -0.1) is 0 Å². The summed E-state index contributed by atoms with van der Waals surface area (Å²) in [5.41, 5.74) is 5.48. The fourth-order valence-corrected chi connectivity index (χ4v) is 5.49. The van der Waals surface area contributed by atoms with Crippen LogP contribution in [0, 0.1) is 0 Å². The van der Waals surface area contributed by atoms with Crippen LogP contribution in [0.5, 0.6) is 0 Å². The molecule has 1 aliphatic rings. The first-order chi connectivity index (χ1) is 19.4. The summed E-state index contributed by atoms with van der Waals surface area (Å²) >= 11 is 1.53. The number of fused-ring (bicyclic) bond motifs is 3. The summed E-state index contributed by atoms with van der Waals surface area (Å²) in [6.07, 6.45) is 1.53. The predicted octanol–water partition coefficient (Wildman–Crippen LogP) is 4.35. The molecular weight excluding hydrogens is 526 g/mol. The summed E-state index contributed by atoms with van der Waals surface area (Å²) in [5, 5.41) is 15.1. The second kappa shape index (κ2) is 14.0. The molecule has 1 aliphatic carbocycles. The zero-order valence-corrected chi connectivity index (χ0v) is 23.5. The number of rotatable bonds is 13. The van der Waals surface area contributed by atoms with Crippen LogP contribution < -0.4 is 10.6 Å². The molecule has 8 nitrogen and oxygen atoms in total. The van der Waals surface area contributed by atoms with Crippen LogP contribution in [0.2, 0.25) is 0 Å². The number of alkyl carbamates (subject to hydrolysis) is 1. The number of carbonyl (C=O) groups is 3. The average molecular weight is 562 g/mol. The van der Waals surface area contributed by atoms with E-state index in [0.717, 1.165) is 27.8 Å². The number of hydrogen-bond acceptors (Lipinski definition) is 6. The molecule has 0 aliphatic heterocycles. The lowest BCUT2D eigenvalue weighted by Gasteiger charge is -2.25. The van der Waals surface area contributed by atoms with Gasteiger partial charge >= 0.3 is 12.1 Å². The number of carbonyl (C=O) groups excluding carboxylic acids is 2. The van der Waals surface area contributed by atoms with Crippen LogP contribution in [0.1, 0.15) is 29.0 Å². The molecule has 3 N–H and O–H groups in total. The zero-order chi connectivity index (χ0) is 28.5. The number of carboxylic acids is 1. The van der Waals surface area contributed by atoms with Gasteiger partial charge in [0.05, 0.1) is 0 Å². The first kappa shape index (κ1) is 29.2. The van der Waals surface area contributed by atoms with E-state index >= 15 is 0 Å². The Bertz CT molecular complexity index is 1270. The molecule has 0 saturated heterocycles. The maximum absolute atomic E-state index is 13.2. The topological polar surface area (TPSA) is 108 Å². The number of likely N-dealkylation sites (N-methyl/N-ethyl adjacent to an activating group) is 1. The standard InChI is InChI=1S/C31H35N3O5S/c1-34(18-21-10-4-3-5-11-21)19-28(30(36)37)32-29(35)27(16-17-40-2)33-31(38)39-20-26-24-14-8-6-12-22(24)23-13-7-9-15-25(23)26/h3-15,26-28H,16-20H2,1-2H3,(H,32,35)(H,33,38)(H,36,37)/t27-,28?/m1/s1. The van der Waals surface area contributed by atoms with Crippen LogP contribution in [0.3, 0.4) is 0 Å². The van der Waals surface area contributed by atoms with Gasteiger partial charge in [-0.3, -0.25) is 9.69 Å². The average Bonchev–Trinajstić information content (AvgIpc) is 3.27. The third-order valence-corrected chi connectivity index (χ3v) is 7.61. The van der Waals surface area contributed by atoms with E-state index in [1.165, 1.54) is 11.8 Å². The van der Waals surface area contributed by atoms with Crippen LogP contribution in [0.4, 0.5) is 4.79 Å². The fourth-order valence-electron chi connectivity index (χ4n) is 5.02. The number of nitrogens with zero attached hydrogens (tertiary/aromatic N) is 1. The summed E-state index contributed by atoms with van der Waals surface area (Å²) in [6, 6.07) is 23.7. The van der Waals surface area contributed by atoms with Crippen molar-refractivity contribution in [2.45, 2.75) is 31.0 Å². The molecule has 210 valence electrons. The molecule has 1 unspecified atom stereocenters. The van der Waals surface area contributed by atoms with E-state index in [2.05, 4.69) is 22.8 Å². The summed E-state index contributed by atoms with van der Waals surface area (Å²) in [6.45, 7) is 0.767. The Morgan fingerprint density at radius 3 is 2.10 bits per heavy atom. The highest BCUT2D eigenvalue weighted by Crippen LogP contribution is 2.44. The van der Waals surface area contributed by atoms with Crippen molar-refractivity contribution in [2.24, 2.45) is 0 Å². The van der Waals surface area contributed by atoms with E-state index in [9.17, 15) is 19.5 Å². The lowest BCUT2D eigenvalue weighted by molar-refractivity contribution is -0.142. The van der Waals surface area contributed by atoms with Gasteiger partial charge in [0.1, 0.15) is 18.7 Å². The Labute approximate surface area is 239 Å². The first-order valence-corrected chi connectivity index (χ1v) is 14.6. The quantitative estimate of drug-likeness (QED) is 0.285. The van der Waals surface area contributed by atoms with Gasteiger partial charge in [0.2, 0.25) is 5.91 Å². The Balaban J connectivity index is 1.36. The minimum Gasteiger partial charge on any atom is -0.480 e. The molecule has 9 heteroatoms. The molecule has 2 atom stereocenters. The molecule has 3 aromatic carbocycles. The number of nitrogens with one attached hydrogen (secondary N) is 2. The van der Waals surface area contributed by atoms with E-state index in [0.29, 0.717) is 18.7 Å². The molecule has 0 heterocycles. The third kappa shape index (κ3) is 7.43. The van der Waals surface area contributed by atoms with E-state index < -0.39 is 30.1 Å². The van der Waals surface area contributed by atoms with Crippen molar-refractivity contribution in [1.29, 1.82) is 0 Å². The second-order valence-electron chi connectivity index (χ2n) is 9.89. The van der Waals surface area contributed by atoms with E-state index in [-0.39, 0.29) is 19.1 Å². The third-order valence-electron chi connectivity index (χ3n) is 6.97. The summed E-state index contributed by atoms with van der Waals surface area (Å²) in [5.74, 6) is -1.19. The molecule has 2 amide bonds. The normalized spacial score (nSPS) is 13.7. The van der Waals surface area contributed by atoms with Crippen LogP contribution in [0.15, 0.2) is 78.9 Å². The van der Waals surface area contributed by atoms with Crippen LogP contribution in [0.25, 0.3) is 11.1 Å². The summed E-state index contributed by atoms with van der Waals surface area (Å²) in [7, 11) is 1.80. The molecule has 4 rings (SSSR count). The number of ether oxygens (including phenoxy) is 1. The number of hydrogen-bond donors (Lipinski definition) is 3. The number of carboxylic acid groups (broad SMARTS) is 1. The van der Waals surface area contributed by atoms with Crippen molar-refractivity contribution in [2.75, 3.05) is 32.2 Å². The molecule has 0 fully saturated rings. The lowest BCUT2D eigenvalue weighted by atomic mass is 9.98. The second-order valence-corrected chi connectivity index (χ2v) is 10.9. The predicted molar refractivity (Wildman–Crippen MR) is 157 cm³/mol. The van der Waals surface area contributed by atoms with Gasteiger partial charge in [-0.25, -0.2) is 9.59 Å². The number of aliphatic carboxylic acids is 1. The van der Waals surface area contributed by atoms with Gasteiger partial charge in [0.25, 0.3) is 0 Å². The Morgan fingerprint density at radius 2 is 1.50 bits per heavy atom. The monoisotopic (exact) mass is 561 g/mol. The highest BCUT2D eigenvalue weighted by Gasteiger charge is 2.31. The zero-order valence-electron chi connectivity index (χ0n) is 22.7. The molecule has 3 aromatic rings. The fraction of sp³-hybridized carbons (Fsp3) is 0.323. The number of benzene rings is 3. The molecule has 0 bridgehead atoms. The lowest BCUT2D eigenvalue weighted by Crippen LogP contribution is -2.54. The molecule has 40 heavy (non-hydrogen) atoms. The van der Waals surface area contributed by atoms with Crippen LogP contribution in [-0.2, 0) is 20.9 Å². The molecule has 0 radical (unpaired) electrons. The van der Waals surface area contributed by atoms with E-state index in [1.807, 2.05) is 77.9 Å². The Morgan fingerprint density at radius 1 is 0.900 bits per heavy atom. The van der Waals surface area contributed by atoms with Gasteiger partial charge in [-0.05, 0) is 53.3 Å². The largest absolute Gasteiger partial charge is 0.480 e. The van der Waals surface area contributed by atoms with Gasteiger partial charge < -0.3 is 20.5 Å². The van der Waals surface area contributed by atoms with E-state index in [1.54, 1.807) is 7.05 Å². The molecule has 0 spiro atoms. The van der Waals surface area contributed by atoms with Gasteiger partial charge in [-0.1, -0.05) is 78.9 Å². The van der Waals surface area contributed by atoms with Crippen molar-refractivity contribution in [3.8, 4) is 11.1 Å². The van der Waals surface area contributed by atoms with Crippen molar-refractivity contribution in [3.05, 3.63) is 95.6 Å². The molecule has 0 saturated carbocycles. The minimum atomic E-state index is -1.14. The highest BCUT2D eigenvalue weighted by atomic mass is 32.2. The minimum absolute atomic E-state index is 0.104. The van der Waals surface area contributed by atoms with Crippen molar-refractivity contribution < 1.29 is 24.2 Å². The highest BCUT2D eigenvalue weighted by molar-refractivity contribution is 7.98. The smallest absolute Gasteiger partial charge is 0.407 e. The van der Waals surface area contributed by atoms with E-state index in [4.69, 9.17) is 4.74 Å². The maximum atomic E-state index is 13.2.